The van der Waals surface area contributed by atoms with Gasteiger partial charge in [-0.1, -0.05) is 50.2 Å². The third-order valence-electron chi connectivity index (χ3n) is 5.16. The molecule has 1 amide bonds. The van der Waals surface area contributed by atoms with Crippen LogP contribution in [0.15, 0.2) is 88.1 Å². The Labute approximate surface area is 186 Å². The van der Waals surface area contributed by atoms with Gasteiger partial charge in [0.1, 0.15) is 11.3 Å². The van der Waals surface area contributed by atoms with Crippen molar-refractivity contribution >= 4 is 22.6 Å². The van der Waals surface area contributed by atoms with Crippen LogP contribution >= 0.6 is 0 Å². The Hall–Kier alpha value is -3.86. The highest BCUT2D eigenvalue weighted by Crippen LogP contribution is 2.23. The molecule has 3 aromatic carbocycles. The van der Waals surface area contributed by atoms with Crippen LogP contribution in [0.3, 0.4) is 0 Å². The van der Waals surface area contributed by atoms with Crippen LogP contribution in [0.2, 0.25) is 0 Å². The summed E-state index contributed by atoms with van der Waals surface area (Å²) < 4.78 is 11.2. The first-order valence-corrected chi connectivity index (χ1v) is 10.7. The molecule has 0 radical (unpaired) electrons. The summed E-state index contributed by atoms with van der Waals surface area (Å²) in [6, 6.07) is 23.5. The molecule has 4 rings (SSSR count). The van der Waals surface area contributed by atoms with Gasteiger partial charge in [0.2, 0.25) is 0 Å². The van der Waals surface area contributed by atoms with E-state index in [9.17, 15) is 9.59 Å². The Morgan fingerprint density at radius 3 is 2.53 bits per heavy atom. The highest BCUT2D eigenvalue weighted by Gasteiger charge is 2.10. The molecule has 0 spiro atoms. The van der Waals surface area contributed by atoms with E-state index in [0.717, 1.165) is 17.4 Å². The van der Waals surface area contributed by atoms with E-state index in [-0.39, 0.29) is 5.91 Å². The molecule has 1 heterocycles. The number of nitrogens with one attached hydrogen (secondary N) is 1. The molecule has 0 aliphatic rings. The predicted molar refractivity (Wildman–Crippen MR) is 127 cm³/mol. The van der Waals surface area contributed by atoms with Gasteiger partial charge in [0, 0.05) is 16.6 Å². The normalized spacial score (nSPS) is 11.0. The molecule has 0 unspecified atom stereocenters. The summed E-state index contributed by atoms with van der Waals surface area (Å²) in [6.07, 6.45) is 0.957. The van der Waals surface area contributed by atoms with Crippen molar-refractivity contribution in [3.8, 4) is 16.9 Å². The molecule has 0 aliphatic carbocycles. The minimum Gasteiger partial charge on any atom is -0.494 e. The van der Waals surface area contributed by atoms with Gasteiger partial charge in [-0.15, -0.1) is 0 Å². The lowest BCUT2D eigenvalue weighted by atomic mass is 10.1. The largest absolute Gasteiger partial charge is 0.494 e. The Morgan fingerprint density at radius 2 is 1.75 bits per heavy atom. The molecule has 5 nitrogen and oxygen atoms in total. The van der Waals surface area contributed by atoms with Crippen molar-refractivity contribution in [2.45, 2.75) is 20.3 Å². The summed E-state index contributed by atoms with van der Waals surface area (Å²) in [6.45, 7) is 4.91. The Bertz CT molecular complexity index is 1290. The lowest BCUT2D eigenvalue weighted by Gasteiger charge is -2.10. The van der Waals surface area contributed by atoms with Crippen molar-refractivity contribution in [3.05, 3.63) is 94.8 Å². The van der Waals surface area contributed by atoms with Crippen molar-refractivity contribution < 1.29 is 13.9 Å². The summed E-state index contributed by atoms with van der Waals surface area (Å²) in [5, 5.41) is 3.74. The number of hydrogen-bond acceptors (Lipinski definition) is 4. The quantitative estimate of drug-likeness (QED) is 0.360. The number of carbonyl (C=O) groups excluding carboxylic acids is 1. The lowest BCUT2D eigenvalue weighted by Crippen LogP contribution is -2.12. The van der Waals surface area contributed by atoms with Crippen LogP contribution in [0.1, 0.15) is 30.6 Å². The molecule has 0 bridgehead atoms. The second-order valence-electron chi connectivity index (χ2n) is 8.08. The van der Waals surface area contributed by atoms with E-state index in [0.29, 0.717) is 40.7 Å². The first-order valence-electron chi connectivity index (χ1n) is 10.7. The fourth-order valence-corrected chi connectivity index (χ4v) is 3.34. The first kappa shape index (κ1) is 21.4. The Balaban J connectivity index is 1.47. The number of rotatable bonds is 7. The van der Waals surface area contributed by atoms with E-state index in [1.165, 1.54) is 0 Å². The van der Waals surface area contributed by atoms with E-state index in [1.807, 2.05) is 36.4 Å². The standard InChI is InChI=1S/C27H25NO4/c1-18(2)14-15-31-23-8-5-7-21(16-23)26(29)28-22-12-10-19(11-13-22)24-17-20-6-3-4-9-25(20)32-27(24)30/h3-13,16-18H,14-15H2,1-2H3,(H,28,29). The zero-order chi connectivity index (χ0) is 22.5. The van der Waals surface area contributed by atoms with Gasteiger partial charge in [0.15, 0.2) is 0 Å². The zero-order valence-electron chi connectivity index (χ0n) is 18.1. The van der Waals surface area contributed by atoms with Crippen LogP contribution in [-0.2, 0) is 0 Å². The van der Waals surface area contributed by atoms with E-state index >= 15 is 0 Å². The topological polar surface area (TPSA) is 68.5 Å². The van der Waals surface area contributed by atoms with E-state index in [4.69, 9.17) is 9.15 Å². The highest BCUT2D eigenvalue weighted by molar-refractivity contribution is 6.04. The number of hydrogen-bond donors (Lipinski definition) is 1. The molecule has 0 saturated heterocycles. The SMILES string of the molecule is CC(C)CCOc1cccc(C(=O)Nc2ccc(-c3cc4ccccc4oc3=O)cc2)c1. The van der Waals surface area contributed by atoms with Gasteiger partial charge in [-0.05, 0) is 60.4 Å². The number of carbonyl (C=O) groups is 1. The number of benzene rings is 3. The van der Waals surface area contributed by atoms with Gasteiger partial charge in [-0.3, -0.25) is 4.79 Å². The average molecular weight is 428 g/mol. The molecule has 32 heavy (non-hydrogen) atoms. The molecular formula is C27H25NO4. The van der Waals surface area contributed by atoms with Crippen LogP contribution in [-0.4, -0.2) is 12.5 Å². The Kier molecular flexibility index (Phi) is 6.36. The average Bonchev–Trinajstić information content (AvgIpc) is 2.79. The molecule has 0 atom stereocenters. The molecular weight excluding hydrogens is 402 g/mol. The molecule has 4 aromatic rings. The summed E-state index contributed by atoms with van der Waals surface area (Å²) >= 11 is 0. The first-order chi connectivity index (χ1) is 15.5. The van der Waals surface area contributed by atoms with Gasteiger partial charge >= 0.3 is 5.63 Å². The third-order valence-corrected chi connectivity index (χ3v) is 5.16. The molecule has 0 fully saturated rings. The fourth-order valence-electron chi connectivity index (χ4n) is 3.34. The van der Waals surface area contributed by atoms with E-state index in [1.54, 1.807) is 42.5 Å². The minimum absolute atomic E-state index is 0.225. The lowest BCUT2D eigenvalue weighted by molar-refractivity contribution is 0.102. The molecule has 5 heteroatoms. The number of ether oxygens (including phenoxy) is 1. The van der Waals surface area contributed by atoms with Crippen molar-refractivity contribution in [2.75, 3.05) is 11.9 Å². The van der Waals surface area contributed by atoms with Crippen LogP contribution in [0.25, 0.3) is 22.1 Å². The second-order valence-corrected chi connectivity index (χ2v) is 8.08. The van der Waals surface area contributed by atoms with Crippen LogP contribution in [0.4, 0.5) is 5.69 Å². The number of amides is 1. The third kappa shape index (κ3) is 5.06. The van der Waals surface area contributed by atoms with Crippen LogP contribution in [0, 0.1) is 5.92 Å². The molecule has 162 valence electrons. The van der Waals surface area contributed by atoms with Crippen molar-refractivity contribution in [2.24, 2.45) is 5.92 Å². The van der Waals surface area contributed by atoms with Gasteiger partial charge < -0.3 is 14.5 Å². The van der Waals surface area contributed by atoms with Crippen LogP contribution in [0.5, 0.6) is 5.75 Å². The van der Waals surface area contributed by atoms with E-state index in [2.05, 4.69) is 19.2 Å². The summed E-state index contributed by atoms with van der Waals surface area (Å²) in [7, 11) is 0. The molecule has 0 saturated carbocycles. The Morgan fingerprint density at radius 1 is 0.969 bits per heavy atom. The predicted octanol–water partition coefficient (Wildman–Crippen LogP) is 6.14. The monoisotopic (exact) mass is 427 g/mol. The maximum atomic E-state index is 12.7. The van der Waals surface area contributed by atoms with Crippen molar-refractivity contribution in [3.63, 3.8) is 0 Å². The summed E-state index contributed by atoms with van der Waals surface area (Å²) in [5.41, 5.74) is 2.52. The minimum atomic E-state index is -0.394. The maximum absolute atomic E-state index is 12.7. The second kappa shape index (κ2) is 9.52. The summed E-state index contributed by atoms with van der Waals surface area (Å²) in [5.74, 6) is 1.01. The zero-order valence-corrected chi connectivity index (χ0v) is 18.1. The van der Waals surface area contributed by atoms with Crippen molar-refractivity contribution in [1.82, 2.24) is 0 Å². The molecule has 1 N–H and O–H groups in total. The number of para-hydroxylation sites is 1. The smallest absolute Gasteiger partial charge is 0.344 e. The maximum Gasteiger partial charge on any atom is 0.344 e. The highest BCUT2D eigenvalue weighted by atomic mass is 16.5. The summed E-state index contributed by atoms with van der Waals surface area (Å²) in [4.78, 5) is 25.0. The van der Waals surface area contributed by atoms with Gasteiger partial charge in [-0.25, -0.2) is 4.79 Å². The van der Waals surface area contributed by atoms with E-state index < -0.39 is 5.63 Å². The van der Waals surface area contributed by atoms with Crippen LogP contribution < -0.4 is 15.7 Å². The van der Waals surface area contributed by atoms with Gasteiger partial charge in [0.25, 0.3) is 5.91 Å². The number of fused-ring (bicyclic) bond motifs is 1. The fraction of sp³-hybridized carbons (Fsp3) is 0.185. The molecule has 0 aliphatic heterocycles. The van der Waals surface area contributed by atoms with Crippen molar-refractivity contribution in [1.29, 1.82) is 0 Å². The van der Waals surface area contributed by atoms with Gasteiger partial charge in [-0.2, -0.15) is 0 Å². The molecule has 1 aromatic heterocycles. The van der Waals surface area contributed by atoms with Gasteiger partial charge in [0.05, 0.1) is 12.2 Å². The number of anilines is 1.